The van der Waals surface area contributed by atoms with Crippen molar-refractivity contribution in [2.45, 2.75) is 38.8 Å². The molecule has 5 heteroatoms. The van der Waals surface area contributed by atoms with E-state index >= 15 is 0 Å². The number of hydrogen-bond acceptors (Lipinski definition) is 2. The summed E-state index contributed by atoms with van der Waals surface area (Å²) in [5, 5.41) is 0.664. The number of amides is 1. The molecule has 1 atom stereocenters. The molecule has 0 N–H and O–H groups in total. The maximum Gasteiger partial charge on any atom is 0.242 e. The van der Waals surface area contributed by atoms with E-state index in [0.29, 0.717) is 17.6 Å². The quantitative estimate of drug-likeness (QED) is 0.669. The normalized spacial score (nSPS) is 17.6. The lowest BCUT2D eigenvalue weighted by atomic mass is 10.0. The molecule has 1 amide bonds. The van der Waals surface area contributed by atoms with Crippen LogP contribution in [0.3, 0.4) is 0 Å². The molecule has 1 aromatic heterocycles. The molecule has 134 valence electrons. The van der Waals surface area contributed by atoms with Crippen LogP contribution in [0.5, 0.6) is 0 Å². The van der Waals surface area contributed by atoms with Gasteiger partial charge in [-0.3, -0.25) is 4.79 Å². The van der Waals surface area contributed by atoms with Crippen LogP contribution in [0.2, 0.25) is 5.02 Å². The van der Waals surface area contributed by atoms with Gasteiger partial charge in [0.25, 0.3) is 0 Å². The number of hydrogen-bond donors (Lipinski definition) is 0. The monoisotopic (exact) mass is 367 g/mol. The van der Waals surface area contributed by atoms with Crippen molar-refractivity contribution in [1.29, 1.82) is 0 Å². The van der Waals surface area contributed by atoms with E-state index in [0.717, 1.165) is 41.8 Å². The Kier molecular flexibility index (Phi) is 4.68. The Hall–Kier alpha value is -2.33. The van der Waals surface area contributed by atoms with E-state index in [1.54, 1.807) is 0 Å². The van der Waals surface area contributed by atoms with Crippen molar-refractivity contribution in [3.8, 4) is 11.4 Å². The molecule has 3 aromatic rings. The number of nitrogens with zero attached hydrogens (tertiary/aromatic N) is 3. The number of benzene rings is 2. The topological polar surface area (TPSA) is 38.1 Å². The number of para-hydroxylation sites is 2. The molecule has 4 nitrogen and oxygen atoms in total. The number of likely N-dealkylation sites (tertiary alicyclic amines) is 1. The molecule has 0 aliphatic carbocycles. The highest BCUT2D eigenvalue weighted by Crippen LogP contribution is 2.27. The van der Waals surface area contributed by atoms with Gasteiger partial charge in [0, 0.05) is 23.2 Å². The van der Waals surface area contributed by atoms with E-state index in [9.17, 15) is 4.79 Å². The zero-order chi connectivity index (χ0) is 18.1. The van der Waals surface area contributed by atoms with Crippen LogP contribution in [0.15, 0.2) is 48.5 Å². The van der Waals surface area contributed by atoms with Crippen molar-refractivity contribution < 1.29 is 4.79 Å². The van der Waals surface area contributed by atoms with Crippen molar-refractivity contribution in [3.63, 3.8) is 0 Å². The molecule has 26 heavy (non-hydrogen) atoms. The van der Waals surface area contributed by atoms with Crippen LogP contribution >= 0.6 is 11.6 Å². The summed E-state index contributed by atoms with van der Waals surface area (Å²) < 4.78 is 2.02. The Morgan fingerprint density at radius 3 is 2.85 bits per heavy atom. The minimum Gasteiger partial charge on any atom is -0.338 e. The van der Waals surface area contributed by atoms with E-state index in [-0.39, 0.29) is 5.91 Å². The number of fused-ring (bicyclic) bond motifs is 1. The van der Waals surface area contributed by atoms with Gasteiger partial charge in [-0.25, -0.2) is 4.98 Å². The Morgan fingerprint density at radius 1 is 1.19 bits per heavy atom. The minimum atomic E-state index is 0.156. The summed E-state index contributed by atoms with van der Waals surface area (Å²) in [5.41, 5.74) is 2.79. The number of aromatic nitrogens is 2. The summed E-state index contributed by atoms with van der Waals surface area (Å²) in [7, 11) is 0. The third-order valence-electron chi connectivity index (χ3n) is 5.15. The Bertz CT molecular complexity index is 949. The van der Waals surface area contributed by atoms with E-state index in [2.05, 4.69) is 6.92 Å². The summed E-state index contributed by atoms with van der Waals surface area (Å²) in [4.78, 5) is 19.8. The second-order valence-corrected chi connectivity index (χ2v) is 7.39. The lowest BCUT2D eigenvalue weighted by molar-refractivity contribution is -0.134. The molecule has 1 fully saturated rings. The highest BCUT2D eigenvalue weighted by atomic mass is 35.5. The Morgan fingerprint density at radius 2 is 2.04 bits per heavy atom. The third kappa shape index (κ3) is 3.21. The first-order chi connectivity index (χ1) is 12.6. The SMILES string of the molecule is CC1CCCCN1C(=O)Cn1c(-c2cccc(Cl)c2)nc2ccccc21. The molecule has 0 bridgehead atoms. The van der Waals surface area contributed by atoms with E-state index < -0.39 is 0 Å². The summed E-state index contributed by atoms with van der Waals surface area (Å²) in [6.07, 6.45) is 3.37. The number of halogens is 1. The average Bonchev–Trinajstić information content (AvgIpc) is 3.01. The molecule has 1 saturated heterocycles. The number of carbonyl (C=O) groups excluding carboxylic acids is 1. The average molecular weight is 368 g/mol. The summed E-state index contributed by atoms with van der Waals surface area (Å²) in [6.45, 7) is 3.28. The van der Waals surface area contributed by atoms with Crippen LogP contribution in [0.1, 0.15) is 26.2 Å². The van der Waals surface area contributed by atoms with Crippen LogP contribution < -0.4 is 0 Å². The summed E-state index contributed by atoms with van der Waals surface area (Å²) >= 11 is 6.18. The molecule has 4 rings (SSSR count). The van der Waals surface area contributed by atoms with Gasteiger partial charge in [0.05, 0.1) is 11.0 Å². The third-order valence-corrected chi connectivity index (χ3v) is 5.39. The fourth-order valence-corrected chi connectivity index (χ4v) is 3.97. The number of imidazole rings is 1. The molecule has 2 aromatic carbocycles. The molecule has 1 aliphatic heterocycles. The Balaban J connectivity index is 1.75. The lowest BCUT2D eigenvalue weighted by Crippen LogP contribution is -2.43. The molecule has 1 unspecified atom stereocenters. The fourth-order valence-electron chi connectivity index (χ4n) is 3.78. The number of carbonyl (C=O) groups is 1. The standard InChI is InChI=1S/C21H22ClN3O/c1-15-7-4-5-12-24(15)20(26)14-25-19-11-3-2-10-18(19)23-21(25)16-8-6-9-17(22)13-16/h2-3,6,8-11,13,15H,4-5,7,12,14H2,1H3. The maximum absolute atomic E-state index is 13.0. The van der Waals surface area contributed by atoms with Gasteiger partial charge in [0.15, 0.2) is 0 Å². The van der Waals surface area contributed by atoms with Gasteiger partial charge in [0.1, 0.15) is 12.4 Å². The van der Waals surface area contributed by atoms with Gasteiger partial charge < -0.3 is 9.47 Å². The maximum atomic E-state index is 13.0. The predicted octanol–water partition coefficient (Wildman–Crippen LogP) is 4.76. The summed E-state index contributed by atoms with van der Waals surface area (Å²) in [6, 6.07) is 15.9. The highest BCUT2D eigenvalue weighted by Gasteiger charge is 2.25. The van der Waals surface area contributed by atoms with Crippen molar-refractivity contribution in [3.05, 3.63) is 53.6 Å². The van der Waals surface area contributed by atoms with Crippen molar-refractivity contribution in [2.24, 2.45) is 0 Å². The largest absolute Gasteiger partial charge is 0.338 e. The molecule has 0 radical (unpaired) electrons. The van der Waals surface area contributed by atoms with Crippen molar-refractivity contribution in [2.75, 3.05) is 6.54 Å². The van der Waals surface area contributed by atoms with Gasteiger partial charge in [-0.15, -0.1) is 0 Å². The summed E-state index contributed by atoms with van der Waals surface area (Å²) in [5.74, 6) is 0.940. The van der Waals surface area contributed by atoms with Gasteiger partial charge in [-0.05, 0) is 50.5 Å². The fraction of sp³-hybridized carbons (Fsp3) is 0.333. The number of rotatable bonds is 3. The van der Waals surface area contributed by atoms with Crippen LogP contribution in [0.25, 0.3) is 22.4 Å². The van der Waals surface area contributed by atoms with E-state index in [1.807, 2.05) is 58.0 Å². The van der Waals surface area contributed by atoms with Crippen LogP contribution in [-0.2, 0) is 11.3 Å². The molecular formula is C21H22ClN3O. The second kappa shape index (κ2) is 7.12. The van der Waals surface area contributed by atoms with Gasteiger partial charge >= 0.3 is 0 Å². The van der Waals surface area contributed by atoms with Crippen LogP contribution in [-0.4, -0.2) is 32.9 Å². The molecule has 0 spiro atoms. The Labute approximate surface area is 158 Å². The smallest absolute Gasteiger partial charge is 0.242 e. The van der Waals surface area contributed by atoms with Gasteiger partial charge in [-0.2, -0.15) is 0 Å². The highest BCUT2D eigenvalue weighted by molar-refractivity contribution is 6.30. The van der Waals surface area contributed by atoms with Crippen molar-refractivity contribution >= 4 is 28.5 Å². The van der Waals surface area contributed by atoms with E-state index in [1.165, 1.54) is 6.42 Å². The first-order valence-corrected chi connectivity index (χ1v) is 9.52. The first-order valence-electron chi connectivity index (χ1n) is 9.14. The minimum absolute atomic E-state index is 0.156. The lowest BCUT2D eigenvalue weighted by Gasteiger charge is -2.33. The number of piperidine rings is 1. The second-order valence-electron chi connectivity index (χ2n) is 6.95. The molecule has 2 heterocycles. The first kappa shape index (κ1) is 17.1. The van der Waals surface area contributed by atoms with E-state index in [4.69, 9.17) is 16.6 Å². The van der Waals surface area contributed by atoms with Crippen LogP contribution in [0, 0.1) is 0 Å². The van der Waals surface area contributed by atoms with Gasteiger partial charge in [-0.1, -0.05) is 35.9 Å². The van der Waals surface area contributed by atoms with Gasteiger partial charge in [0.2, 0.25) is 5.91 Å². The molecule has 0 saturated carbocycles. The van der Waals surface area contributed by atoms with Crippen molar-refractivity contribution in [1.82, 2.24) is 14.5 Å². The van der Waals surface area contributed by atoms with Crippen LogP contribution in [0.4, 0.5) is 0 Å². The zero-order valence-electron chi connectivity index (χ0n) is 14.9. The zero-order valence-corrected chi connectivity index (χ0v) is 15.6. The predicted molar refractivity (Wildman–Crippen MR) is 105 cm³/mol. The molecular weight excluding hydrogens is 346 g/mol. The molecule has 1 aliphatic rings.